The summed E-state index contributed by atoms with van der Waals surface area (Å²) in [4.78, 5) is 16.4. The molecule has 0 bridgehead atoms. The summed E-state index contributed by atoms with van der Waals surface area (Å²) >= 11 is 1.77. The summed E-state index contributed by atoms with van der Waals surface area (Å²) in [6.45, 7) is 5.98. The summed E-state index contributed by atoms with van der Waals surface area (Å²) in [5.74, 6) is 1.61. The van der Waals surface area contributed by atoms with Crippen LogP contribution in [-0.4, -0.2) is 54.6 Å². The van der Waals surface area contributed by atoms with Crippen molar-refractivity contribution < 1.29 is 9.53 Å². The third-order valence-corrected chi connectivity index (χ3v) is 6.18. The molecule has 4 nitrogen and oxygen atoms in total. The van der Waals surface area contributed by atoms with Gasteiger partial charge in [0, 0.05) is 38.5 Å². The third-order valence-electron chi connectivity index (χ3n) is 5.45. The highest BCUT2D eigenvalue weighted by atomic mass is 32.1. The molecule has 1 amide bonds. The lowest BCUT2D eigenvalue weighted by Gasteiger charge is -2.36. The van der Waals surface area contributed by atoms with Crippen LogP contribution in [0.4, 0.5) is 0 Å². The molecule has 22 heavy (non-hydrogen) atoms. The lowest BCUT2D eigenvalue weighted by atomic mass is 9.84. The Morgan fingerprint density at radius 1 is 1.36 bits per heavy atom. The fourth-order valence-electron chi connectivity index (χ4n) is 4.19. The van der Waals surface area contributed by atoms with Gasteiger partial charge in [0.25, 0.3) is 0 Å². The number of fused-ring (bicyclic) bond motifs is 1. The number of piperidine rings is 1. The van der Waals surface area contributed by atoms with Gasteiger partial charge in [0.05, 0.1) is 12.7 Å². The zero-order valence-corrected chi connectivity index (χ0v) is 13.8. The van der Waals surface area contributed by atoms with Crippen LogP contribution in [0.3, 0.4) is 0 Å². The first-order valence-electron chi connectivity index (χ1n) is 8.42. The Morgan fingerprint density at radius 3 is 3.09 bits per heavy atom. The van der Waals surface area contributed by atoms with Crippen molar-refractivity contribution in [3.63, 3.8) is 0 Å². The predicted octanol–water partition coefficient (Wildman–Crippen LogP) is 2.21. The molecular formula is C17H24N2O2S. The number of thiophene rings is 1. The van der Waals surface area contributed by atoms with Crippen molar-refractivity contribution in [2.45, 2.75) is 31.9 Å². The average molecular weight is 320 g/mol. The van der Waals surface area contributed by atoms with Crippen LogP contribution in [0.2, 0.25) is 0 Å². The summed E-state index contributed by atoms with van der Waals surface area (Å²) in [5.41, 5.74) is 1.42. The Hall–Kier alpha value is -0.910. The molecule has 3 aliphatic rings. The fourth-order valence-corrected chi connectivity index (χ4v) is 4.85. The van der Waals surface area contributed by atoms with E-state index in [1.54, 1.807) is 11.3 Å². The molecule has 3 aliphatic heterocycles. The number of ether oxygens (including phenoxy) is 1. The van der Waals surface area contributed by atoms with Crippen LogP contribution in [-0.2, 0) is 16.1 Å². The molecule has 4 heterocycles. The maximum atomic E-state index is 11.9. The lowest BCUT2D eigenvalue weighted by Crippen LogP contribution is -2.45. The normalized spacial score (nSPS) is 32.6. The lowest BCUT2D eigenvalue weighted by molar-refractivity contribution is -0.129. The van der Waals surface area contributed by atoms with Crippen molar-refractivity contribution in [3.8, 4) is 0 Å². The second kappa shape index (κ2) is 6.30. The van der Waals surface area contributed by atoms with Gasteiger partial charge < -0.3 is 9.64 Å². The molecule has 1 aromatic rings. The number of rotatable bonds is 4. The molecule has 0 spiro atoms. The molecule has 5 heteroatoms. The van der Waals surface area contributed by atoms with Crippen molar-refractivity contribution >= 4 is 17.2 Å². The number of carbonyl (C=O) groups is 1. The van der Waals surface area contributed by atoms with Gasteiger partial charge in [0.15, 0.2) is 0 Å². The van der Waals surface area contributed by atoms with Crippen molar-refractivity contribution in [1.29, 1.82) is 0 Å². The van der Waals surface area contributed by atoms with Gasteiger partial charge in [-0.3, -0.25) is 9.69 Å². The van der Waals surface area contributed by atoms with E-state index in [4.69, 9.17) is 4.74 Å². The van der Waals surface area contributed by atoms with Gasteiger partial charge in [-0.15, -0.1) is 0 Å². The van der Waals surface area contributed by atoms with E-state index in [-0.39, 0.29) is 6.10 Å². The summed E-state index contributed by atoms with van der Waals surface area (Å²) < 4.78 is 6.08. The summed E-state index contributed by atoms with van der Waals surface area (Å²) in [6.07, 6.45) is 3.23. The van der Waals surface area contributed by atoms with Gasteiger partial charge >= 0.3 is 0 Å². The second-order valence-corrected chi connectivity index (χ2v) is 7.67. The maximum absolute atomic E-state index is 11.9. The van der Waals surface area contributed by atoms with Crippen LogP contribution < -0.4 is 0 Å². The third kappa shape index (κ3) is 2.94. The molecule has 0 aromatic carbocycles. The first-order chi connectivity index (χ1) is 10.8. The van der Waals surface area contributed by atoms with Crippen LogP contribution in [0.15, 0.2) is 16.8 Å². The molecular weight excluding hydrogens is 296 g/mol. The van der Waals surface area contributed by atoms with Gasteiger partial charge in [-0.05, 0) is 47.7 Å². The molecule has 0 saturated carbocycles. The minimum Gasteiger partial charge on any atom is -0.376 e. The Labute approximate surface area is 136 Å². The van der Waals surface area contributed by atoms with Crippen LogP contribution in [0.5, 0.6) is 0 Å². The molecule has 3 fully saturated rings. The molecule has 0 aliphatic carbocycles. The van der Waals surface area contributed by atoms with E-state index in [2.05, 4.69) is 21.7 Å². The first-order valence-corrected chi connectivity index (χ1v) is 9.36. The number of likely N-dealkylation sites (tertiary alicyclic amines) is 2. The van der Waals surface area contributed by atoms with Crippen LogP contribution >= 0.6 is 11.3 Å². The number of hydrogen-bond donors (Lipinski definition) is 0. The van der Waals surface area contributed by atoms with E-state index in [0.29, 0.717) is 17.7 Å². The molecule has 120 valence electrons. The van der Waals surface area contributed by atoms with Crippen molar-refractivity contribution in [1.82, 2.24) is 9.80 Å². The Kier molecular flexibility index (Phi) is 4.20. The monoisotopic (exact) mass is 320 g/mol. The van der Waals surface area contributed by atoms with Crippen LogP contribution in [0.25, 0.3) is 0 Å². The van der Waals surface area contributed by atoms with E-state index in [0.717, 1.165) is 45.6 Å². The van der Waals surface area contributed by atoms with Crippen LogP contribution in [0.1, 0.15) is 24.8 Å². The van der Waals surface area contributed by atoms with Gasteiger partial charge in [-0.25, -0.2) is 0 Å². The Bertz CT molecular complexity index is 519. The van der Waals surface area contributed by atoms with Gasteiger partial charge in [0.1, 0.15) is 0 Å². The standard InChI is InChI=1S/C17H24N2O2S/c20-17-2-1-5-19(17)10-16-15-9-18(6-3-14(15)11-21-16)8-13-4-7-22-12-13/h4,7,12,14-16H,1-3,5-6,8-11H2/t14-,15-,16+/m1/s1. The largest absolute Gasteiger partial charge is 0.376 e. The first kappa shape index (κ1) is 14.7. The van der Waals surface area contributed by atoms with Crippen LogP contribution in [0, 0.1) is 11.8 Å². The minimum absolute atomic E-state index is 0.248. The molecule has 0 N–H and O–H groups in total. The zero-order valence-electron chi connectivity index (χ0n) is 12.9. The SMILES string of the molecule is O=C1CCCN1C[C@@H]1OC[C@H]2CCN(Cc3ccsc3)C[C@H]21. The molecule has 1 aromatic heterocycles. The number of carbonyl (C=O) groups excluding carboxylic acids is 1. The number of nitrogens with zero attached hydrogens (tertiary/aromatic N) is 2. The van der Waals surface area contributed by atoms with E-state index in [9.17, 15) is 4.79 Å². The summed E-state index contributed by atoms with van der Waals surface area (Å²) in [6, 6.07) is 2.22. The van der Waals surface area contributed by atoms with Crippen molar-refractivity contribution in [2.24, 2.45) is 11.8 Å². The van der Waals surface area contributed by atoms with Gasteiger partial charge in [-0.2, -0.15) is 11.3 Å². The Balaban J connectivity index is 1.37. The highest BCUT2D eigenvalue weighted by Gasteiger charge is 2.42. The summed E-state index contributed by atoms with van der Waals surface area (Å²) in [7, 11) is 0. The summed E-state index contributed by atoms with van der Waals surface area (Å²) in [5, 5.41) is 4.40. The molecule has 4 rings (SSSR count). The highest BCUT2D eigenvalue weighted by molar-refractivity contribution is 7.07. The van der Waals surface area contributed by atoms with E-state index in [1.807, 2.05) is 4.90 Å². The smallest absolute Gasteiger partial charge is 0.222 e. The van der Waals surface area contributed by atoms with Gasteiger partial charge in [0.2, 0.25) is 5.91 Å². The second-order valence-electron chi connectivity index (χ2n) is 6.89. The van der Waals surface area contributed by atoms with Crippen molar-refractivity contribution in [2.75, 3.05) is 32.8 Å². The predicted molar refractivity (Wildman–Crippen MR) is 86.7 cm³/mol. The van der Waals surface area contributed by atoms with Gasteiger partial charge in [-0.1, -0.05) is 0 Å². The Morgan fingerprint density at radius 2 is 2.32 bits per heavy atom. The maximum Gasteiger partial charge on any atom is 0.222 e. The molecule has 0 radical (unpaired) electrons. The molecule has 3 atom stereocenters. The van der Waals surface area contributed by atoms with E-state index in [1.165, 1.54) is 18.5 Å². The highest BCUT2D eigenvalue weighted by Crippen LogP contribution is 2.35. The topological polar surface area (TPSA) is 32.8 Å². The van der Waals surface area contributed by atoms with Crippen molar-refractivity contribution in [3.05, 3.63) is 22.4 Å². The number of hydrogen-bond acceptors (Lipinski definition) is 4. The zero-order chi connectivity index (χ0) is 14.9. The average Bonchev–Trinajstić information content (AvgIpc) is 3.24. The quantitative estimate of drug-likeness (QED) is 0.853. The number of amides is 1. The fraction of sp³-hybridized carbons (Fsp3) is 0.706. The van der Waals surface area contributed by atoms with E-state index >= 15 is 0 Å². The molecule has 3 saturated heterocycles. The van der Waals surface area contributed by atoms with E-state index < -0.39 is 0 Å². The molecule has 0 unspecified atom stereocenters. The minimum atomic E-state index is 0.248.